The summed E-state index contributed by atoms with van der Waals surface area (Å²) in [7, 11) is 6.13. The van der Waals surface area contributed by atoms with E-state index in [0.29, 0.717) is 11.4 Å². The van der Waals surface area contributed by atoms with Gasteiger partial charge in [-0.25, -0.2) is 0 Å². The molecule has 0 spiro atoms. The highest BCUT2D eigenvalue weighted by atomic mass is 15.2. The molecule has 0 aromatic rings. The van der Waals surface area contributed by atoms with Crippen LogP contribution >= 0.6 is 0 Å². The molecule has 2 heteroatoms. The Balaban J connectivity index is 2.43. The molecule has 0 N–H and O–H groups in total. The van der Waals surface area contributed by atoms with E-state index in [1.165, 1.54) is 77.2 Å². The van der Waals surface area contributed by atoms with Crippen molar-refractivity contribution in [1.29, 1.82) is 0 Å². The van der Waals surface area contributed by atoms with Gasteiger partial charge in [0.15, 0.2) is 0 Å². The van der Waals surface area contributed by atoms with Crippen LogP contribution in [0.5, 0.6) is 0 Å². The Bertz CT molecular complexity index is 230. The van der Waals surface area contributed by atoms with Gasteiger partial charge < -0.3 is 0 Å². The summed E-state index contributed by atoms with van der Waals surface area (Å²) in [4.78, 5) is 2.70. The van der Waals surface area contributed by atoms with Crippen molar-refractivity contribution in [3.8, 4) is 0 Å². The topological polar surface area (TPSA) is 3.24 Å². The predicted molar refractivity (Wildman–Crippen MR) is 91.6 cm³/mol. The third-order valence-electron chi connectivity index (χ3n) is 5.13. The SMILES string of the molecule is [B]C1CCN(C(C)(CCCCCC)CCCCCC)C1. The Hall–Kier alpha value is 0.0249. The van der Waals surface area contributed by atoms with E-state index in [1.807, 2.05) is 0 Å². The Labute approximate surface area is 129 Å². The zero-order valence-electron chi connectivity index (χ0n) is 14.3. The van der Waals surface area contributed by atoms with Crippen LogP contribution in [0.25, 0.3) is 0 Å². The first-order valence-corrected chi connectivity index (χ1v) is 9.13. The first-order chi connectivity index (χ1) is 9.62. The van der Waals surface area contributed by atoms with Crippen LogP contribution in [0.4, 0.5) is 0 Å². The molecule has 116 valence electrons. The largest absolute Gasteiger partial charge is 0.298 e. The van der Waals surface area contributed by atoms with Gasteiger partial charge in [0.2, 0.25) is 0 Å². The molecule has 0 bridgehead atoms. The molecule has 2 radical (unpaired) electrons. The number of unbranched alkanes of at least 4 members (excludes halogenated alkanes) is 6. The lowest BCUT2D eigenvalue weighted by Gasteiger charge is -2.40. The molecule has 1 saturated heterocycles. The van der Waals surface area contributed by atoms with Crippen molar-refractivity contribution in [2.75, 3.05) is 13.1 Å². The van der Waals surface area contributed by atoms with E-state index in [-0.39, 0.29) is 0 Å². The quantitative estimate of drug-likeness (QED) is 0.363. The van der Waals surface area contributed by atoms with Gasteiger partial charge in [-0.2, -0.15) is 0 Å². The number of likely N-dealkylation sites (tertiary alicyclic amines) is 1. The smallest absolute Gasteiger partial charge is 0.0717 e. The summed E-state index contributed by atoms with van der Waals surface area (Å²) in [5, 5.41) is 0. The van der Waals surface area contributed by atoms with Gasteiger partial charge in [-0.1, -0.05) is 71.0 Å². The molecule has 1 atom stereocenters. The molecule has 20 heavy (non-hydrogen) atoms. The molecule has 0 saturated carbocycles. The molecule has 1 heterocycles. The van der Waals surface area contributed by atoms with Crippen LogP contribution in [0.2, 0.25) is 5.82 Å². The molecule has 1 aliphatic heterocycles. The Morgan fingerprint density at radius 1 is 0.950 bits per heavy atom. The van der Waals surface area contributed by atoms with Gasteiger partial charge in [0.25, 0.3) is 0 Å². The minimum atomic E-state index is 0.412. The van der Waals surface area contributed by atoms with E-state index in [1.54, 1.807) is 0 Å². The van der Waals surface area contributed by atoms with E-state index in [2.05, 4.69) is 25.7 Å². The molecule has 1 aliphatic rings. The van der Waals surface area contributed by atoms with Gasteiger partial charge in [0.1, 0.15) is 0 Å². The normalized spacial score (nSPS) is 20.6. The van der Waals surface area contributed by atoms with Gasteiger partial charge in [-0.15, -0.1) is 0 Å². The van der Waals surface area contributed by atoms with E-state index in [4.69, 9.17) is 7.85 Å². The number of hydrogen-bond donors (Lipinski definition) is 0. The molecule has 1 nitrogen and oxygen atoms in total. The lowest BCUT2D eigenvalue weighted by molar-refractivity contribution is 0.107. The molecule has 0 aromatic heterocycles. The first kappa shape index (κ1) is 18.1. The summed E-state index contributed by atoms with van der Waals surface area (Å²) in [6.07, 6.45) is 15.0. The lowest BCUT2D eigenvalue weighted by atomic mass is 9.85. The van der Waals surface area contributed by atoms with Gasteiger partial charge in [0.05, 0.1) is 7.85 Å². The second kappa shape index (κ2) is 9.87. The van der Waals surface area contributed by atoms with Crippen molar-refractivity contribution in [2.45, 2.75) is 103 Å². The molecular weight excluding hydrogens is 241 g/mol. The molecule has 0 amide bonds. The third-order valence-corrected chi connectivity index (χ3v) is 5.13. The van der Waals surface area contributed by atoms with Crippen molar-refractivity contribution in [3.05, 3.63) is 0 Å². The van der Waals surface area contributed by atoms with E-state index < -0.39 is 0 Å². The maximum Gasteiger partial charge on any atom is 0.0717 e. The van der Waals surface area contributed by atoms with E-state index in [0.717, 1.165) is 6.54 Å². The third kappa shape index (κ3) is 6.20. The van der Waals surface area contributed by atoms with Crippen molar-refractivity contribution in [3.63, 3.8) is 0 Å². The number of nitrogens with zero attached hydrogens (tertiary/aromatic N) is 1. The molecular formula is C18H36BN. The van der Waals surface area contributed by atoms with Crippen LogP contribution in [0, 0.1) is 0 Å². The molecule has 1 fully saturated rings. The number of rotatable bonds is 11. The monoisotopic (exact) mass is 277 g/mol. The summed E-state index contributed by atoms with van der Waals surface area (Å²) in [6.45, 7) is 9.44. The summed E-state index contributed by atoms with van der Waals surface area (Å²) in [5.74, 6) is 0.417. The molecule has 0 aromatic carbocycles. The minimum Gasteiger partial charge on any atom is -0.298 e. The lowest BCUT2D eigenvalue weighted by Crippen LogP contribution is -2.44. The molecule has 1 rings (SSSR count). The van der Waals surface area contributed by atoms with Gasteiger partial charge in [-0.05, 0) is 39.3 Å². The fraction of sp³-hybridized carbons (Fsp3) is 1.00. The van der Waals surface area contributed by atoms with Crippen LogP contribution in [0.15, 0.2) is 0 Å². The van der Waals surface area contributed by atoms with Gasteiger partial charge in [0, 0.05) is 5.54 Å². The van der Waals surface area contributed by atoms with Gasteiger partial charge in [-0.3, -0.25) is 4.90 Å². The Kier molecular flexibility index (Phi) is 8.92. The van der Waals surface area contributed by atoms with Crippen LogP contribution in [-0.2, 0) is 0 Å². The summed E-state index contributed by atoms with van der Waals surface area (Å²) < 4.78 is 0. The van der Waals surface area contributed by atoms with E-state index >= 15 is 0 Å². The van der Waals surface area contributed by atoms with Gasteiger partial charge >= 0.3 is 0 Å². The summed E-state index contributed by atoms with van der Waals surface area (Å²) >= 11 is 0. The first-order valence-electron chi connectivity index (χ1n) is 9.13. The second-order valence-electron chi connectivity index (χ2n) is 7.11. The average molecular weight is 277 g/mol. The fourth-order valence-corrected chi connectivity index (χ4v) is 3.58. The fourth-order valence-electron chi connectivity index (χ4n) is 3.58. The standard InChI is InChI=1S/C18H36BN/c1-4-6-8-10-13-18(3,14-11-9-7-5-2)20-15-12-17(19)16-20/h17H,4-16H2,1-3H3. The Morgan fingerprint density at radius 2 is 1.50 bits per heavy atom. The average Bonchev–Trinajstić information content (AvgIpc) is 2.87. The zero-order valence-corrected chi connectivity index (χ0v) is 14.3. The van der Waals surface area contributed by atoms with Crippen molar-refractivity contribution in [2.24, 2.45) is 0 Å². The maximum absolute atomic E-state index is 6.13. The maximum atomic E-state index is 6.13. The van der Waals surface area contributed by atoms with Crippen LogP contribution in [0.1, 0.15) is 91.4 Å². The summed E-state index contributed by atoms with van der Waals surface area (Å²) in [5.41, 5.74) is 0.412. The highest BCUT2D eigenvalue weighted by molar-refractivity contribution is 6.12. The Morgan fingerprint density at radius 3 is 1.90 bits per heavy atom. The highest BCUT2D eigenvalue weighted by Gasteiger charge is 2.34. The van der Waals surface area contributed by atoms with Crippen LogP contribution in [0.3, 0.4) is 0 Å². The molecule has 1 unspecified atom stereocenters. The highest BCUT2D eigenvalue weighted by Crippen LogP contribution is 2.34. The van der Waals surface area contributed by atoms with Crippen molar-refractivity contribution in [1.82, 2.24) is 4.90 Å². The van der Waals surface area contributed by atoms with Crippen molar-refractivity contribution < 1.29 is 0 Å². The number of hydrogen-bond acceptors (Lipinski definition) is 1. The van der Waals surface area contributed by atoms with Crippen LogP contribution < -0.4 is 0 Å². The zero-order chi connectivity index (χ0) is 14.8. The molecule has 0 aliphatic carbocycles. The minimum absolute atomic E-state index is 0.412. The second-order valence-corrected chi connectivity index (χ2v) is 7.11. The van der Waals surface area contributed by atoms with Crippen LogP contribution in [-0.4, -0.2) is 31.4 Å². The summed E-state index contributed by atoms with van der Waals surface area (Å²) in [6, 6.07) is 0. The van der Waals surface area contributed by atoms with E-state index in [9.17, 15) is 0 Å². The van der Waals surface area contributed by atoms with Crippen molar-refractivity contribution >= 4 is 7.85 Å². The predicted octanol–water partition coefficient (Wildman–Crippen LogP) is 5.35.